The monoisotopic (exact) mass is 206 g/mol. The number of aliphatic hydroxyl groups excluding tert-OH is 1. The van der Waals surface area contributed by atoms with E-state index in [9.17, 15) is 5.11 Å². The van der Waals surface area contributed by atoms with E-state index in [1.807, 2.05) is 6.92 Å². The van der Waals surface area contributed by atoms with Gasteiger partial charge in [-0.25, -0.2) is 0 Å². The average molecular weight is 206 g/mol. The SMILES string of the molecule is CC(C)Cc1cccc(C(C)C(C)O)c1. The van der Waals surface area contributed by atoms with Gasteiger partial charge in [0.25, 0.3) is 0 Å². The number of hydrogen-bond donors (Lipinski definition) is 1. The van der Waals surface area contributed by atoms with Crippen LogP contribution in [-0.2, 0) is 6.42 Å². The molecular weight excluding hydrogens is 184 g/mol. The van der Waals surface area contributed by atoms with Gasteiger partial charge in [0.2, 0.25) is 0 Å². The zero-order chi connectivity index (χ0) is 11.4. The van der Waals surface area contributed by atoms with E-state index in [1.165, 1.54) is 11.1 Å². The molecule has 0 aliphatic rings. The van der Waals surface area contributed by atoms with Crippen LogP contribution < -0.4 is 0 Å². The van der Waals surface area contributed by atoms with E-state index in [1.54, 1.807) is 0 Å². The maximum Gasteiger partial charge on any atom is 0.0577 e. The second kappa shape index (κ2) is 5.32. The maximum atomic E-state index is 9.55. The molecule has 84 valence electrons. The van der Waals surface area contributed by atoms with Crippen molar-refractivity contribution in [2.45, 2.75) is 46.1 Å². The summed E-state index contributed by atoms with van der Waals surface area (Å²) in [5.74, 6) is 0.902. The highest BCUT2D eigenvalue weighted by Crippen LogP contribution is 2.21. The standard InChI is InChI=1S/C14H22O/c1-10(2)8-13-6-5-7-14(9-13)11(3)12(4)15/h5-7,9-12,15H,8H2,1-4H3. The molecule has 0 spiro atoms. The van der Waals surface area contributed by atoms with Crippen molar-refractivity contribution in [1.82, 2.24) is 0 Å². The molecule has 0 aromatic heterocycles. The van der Waals surface area contributed by atoms with Crippen molar-refractivity contribution >= 4 is 0 Å². The summed E-state index contributed by atoms with van der Waals surface area (Å²) in [5.41, 5.74) is 2.61. The van der Waals surface area contributed by atoms with Gasteiger partial charge in [-0.2, -0.15) is 0 Å². The first-order valence-corrected chi connectivity index (χ1v) is 5.77. The van der Waals surface area contributed by atoms with Crippen molar-refractivity contribution < 1.29 is 5.11 Å². The Kier molecular flexibility index (Phi) is 4.34. The van der Waals surface area contributed by atoms with Gasteiger partial charge in [0.05, 0.1) is 6.10 Å². The number of aliphatic hydroxyl groups is 1. The third kappa shape index (κ3) is 3.67. The minimum Gasteiger partial charge on any atom is -0.393 e. The predicted molar refractivity (Wildman–Crippen MR) is 65.1 cm³/mol. The van der Waals surface area contributed by atoms with Gasteiger partial charge in [-0.1, -0.05) is 45.0 Å². The molecule has 1 nitrogen and oxygen atoms in total. The molecular formula is C14H22O. The molecule has 1 heteroatoms. The van der Waals surface area contributed by atoms with E-state index in [0.29, 0.717) is 5.92 Å². The lowest BCUT2D eigenvalue weighted by Crippen LogP contribution is -2.11. The van der Waals surface area contributed by atoms with E-state index in [-0.39, 0.29) is 12.0 Å². The molecule has 0 saturated carbocycles. The third-order valence-electron chi connectivity index (χ3n) is 2.84. The van der Waals surface area contributed by atoms with Crippen molar-refractivity contribution in [3.8, 4) is 0 Å². The van der Waals surface area contributed by atoms with Gasteiger partial charge in [-0.05, 0) is 30.4 Å². The summed E-state index contributed by atoms with van der Waals surface area (Å²) < 4.78 is 0. The summed E-state index contributed by atoms with van der Waals surface area (Å²) in [6.07, 6.45) is 0.833. The Morgan fingerprint density at radius 1 is 1.13 bits per heavy atom. The van der Waals surface area contributed by atoms with Crippen LogP contribution in [-0.4, -0.2) is 11.2 Å². The highest BCUT2D eigenvalue weighted by molar-refractivity contribution is 5.27. The summed E-state index contributed by atoms with van der Waals surface area (Å²) in [4.78, 5) is 0. The Morgan fingerprint density at radius 2 is 1.80 bits per heavy atom. The highest BCUT2D eigenvalue weighted by atomic mass is 16.3. The molecule has 15 heavy (non-hydrogen) atoms. The zero-order valence-corrected chi connectivity index (χ0v) is 10.2. The Hall–Kier alpha value is -0.820. The molecule has 2 atom stereocenters. The van der Waals surface area contributed by atoms with Gasteiger partial charge in [-0.15, -0.1) is 0 Å². The topological polar surface area (TPSA) is 20.2 Å². The first-order valence-electron chi connectivity index (χ1n) is 5.77. The van der Waals surface area contributed by atoms with Gasteiger partial charge in [-0.3, -0.25) is 0 Å². The Balaban J connectivity index is 2.82. The molecule has 0 saturated heterocycles. The molecule has 0 heterocycles. The molecule has 0 amide bonds. The van der Waals surface area contributed by atoms with Crippen molar-refractivity contribution in [3.63, 3.8) is 0 Å². The van der Waals surface area contributed by atoms with Crippen LogP contribution in [0.4, 0.5) is 0 Å². The highest BCUT2D eigenvalue weighted by Gasteiger charge is 2.11. The fourth-order valence-electron chi connectivity index (χ4n) is 1.75. The van der Waals surface area contributed by atoms with E-state index in [4.69, 9.17) is 0 Å². The molecule has 2 unspecified atom stereocenters. The van der Waals surface area contributed by atoms with Crippen LogP contribution in [0.5, 0.6) is 0 Å². The molecule has 1 aromatic rings. The Labute approximate surface area is 93.1 Å². The van der Waals surface area contributed by atoms with Crippen LogP contribution in [0.2, 0.25) is 0 Å². The molecule has 0 aliphatic carbocycles. The Morgan fingerprint density at radius 3 is 2.33 bits per heavy atom. The van der Waals surface area contributed by atoms with E-state index in [0.717, 1.165) is 6.42 Å². The third-order valence-corrected chi connectivity index (χ3v) is 2.84. The molecule has 1 rings (SSSR count). The van der Waals surface area contributed by atoms with Gasteiger partial charge < -0.3 is 5.11 Å². The van der Waals surface area contributed by atoms with Crippen molar-refractivity contribution in [2.75, 3.05) is 0 Å². The summed E-state index contributed by atoms with van der Waals surface area (Å²) in [5, 5.41) is 9.55. The van der Waals surface area contributed by atoms with Crippen molar-refractivity contribution in [3.05, 3.63) is 35.4 Å². The van der Waals surface area contributed by atoms with Gasteiger partial charge >= 0.3 is 0 Å². The molecule has 1 N–H and O–H groups in total. The quantitative estimate of drug-likeness (QED) is 0.800. The van der Waals surface area contributed by atoms with Crippen molar-refractivity contribution in [2.24, 2.45) is 5.92 Å². The molecule has 0 fully saturated rings. The Bertz CT molecular complexity index is 302. The van der Waals surface area contributed by atoms with Crippen LogP contribution in [0.3, 0.4) is 0 Å². The number of rotatable bonds is 4. The van der Waals surface area contributed by atoms with Crippen LogP contribution in [0.1, 0.15) is 44.7 Å². The molecule has 0 bridgehead atoms. The lowest BCUT2D eigenvalue weighted by atomic mass is 9.93. The summed E-state index contributed by atoms with van der Waals surface area (Å²) >= 11 is 0. The first kappa shape index (κ1) is 12.3. The average Bonchev–Trinajstić information content (AvgIpc) is 2.16. The summed E-state index contributed by atoms with van der Waals surface area (Å²) in [6.45, 7) is 8.37. The molecule has 0 radical (unpaired) electrons. The first-order chi connectivity index (χ1) is 7.00. The minimum atomic E-state index is -0.278. The summed E-state index contributed by atoms with van der Waals surface area (Å²) in [6, 6.07) is 8.57. The van der Waals surface area contributed by atoms with E-state index < -0.39 is 0 Å². The maximum absolute atomic E-state index is 9.55. The van der Waals surface area contributed by atoms with Crippen molar-refractivity contribution in [1.29, 1.82) is 0 Å². The smallest absolute Gasteiger partial charge is 0.0577 e. The normalized spacial score (nSPS) is 15.3. The van der Waals surface area contributed by atoms with Gasteiger partial charge in [0, 0.05) is 5.92 Å². The fraction of sp³-hybridized carbons (Fsp3) is 0.571. The van der Waals surface area contributed by atoms with Gasteiger partial charge in [0.1, 0.15) is 0 Å². The predicted octanol–water partition coefficient (Wildman–Crippen LogP) is 3.37. The molecule has 1 aromatic carbocycles. The molecule has 0 aliphatic heterocycles. The van der Waals surface area contributed by atoms with Crippen LogP contribution >= 0.6 is 0 Å². The van der Waals surface area contributed by atoms with E-state index >= 15 is 0 Å². The van der Waals surface area contributed by atoms with Crippen LogP contribution in [0.25, 0.3) is 0 Å². The zero-order valence-electron chi connectivity index (χ0n) is 10.2. The second-order valence-electron chi connectivity index (χ2n) is 4.87. The van der Waals surface area contributed by atoms with Crippen LogP contribution in [0, 0.1) is 5.92 Å². The lowest BCUT2D eigenvalue weighted by Gasteiger charge is -2.16. The number of hydrogen-bond acceptors (Lipinski definition) is 1. The lowest BCUT2D eigenvalue weighted by molar-refractivity contribution is 0.169. The summed E-state index contributed by atoms with van der Waals surface area (Å²) in [7, 11) is 0. The largest absolute Gasteiger partial charge is 0.393 e. The van der Waals surface area contributed by atoms with Crippen LogP contribution in [0.15, 0.2) is 24.3 Å². The minimum absolute atomic E-state index is 0.220. The second-order valence-corrected chi connectivity index (χ2v) is 4.87. The van der Waals surface area contributed by atoms with Gasteiger partial charge in [0.15, 0.2) is 0 Å². The van der Waals surface area contributed by atoms with E-state index in [2.05, 4.69) is 45.0 Å². The number of benzene rings is 1. The fourth-order valence-corrected chi connectivity index (χ4v) is 1.75.